The molecule has 0 heterocycles. The van der Waals surface area contributed by atoms with E-state index in [1.54, 1.807) is 0 Å². The van der Waals surface area contributed by atoms with E-state index in [-0.39, 0.29) is 12.4 Å². The molecule has 16 heavy (non-hydrogen) atoms. The summed E-state index contributed by atoms with van der Waals surface area (Å²) >= 11 is 0. The van der Waals surface area contributed by atoms with Gasteiger partial charge in [-0.1, -0.05) is 30.3 Å². The van der Waals surface area contributed by atoms with E-state index >= 15 is 0 Å². The molecule has 0 saturated carbocycles. The molecule has 0 atom stereocenters. The fourth-order valence-electron chi connectivity index (χ4n) is 1.30. The molecule has 0 aliphatic rings. The molecule has 1 aromatic carbocycles. The zero-order valence-corrected chi connectivity index (χ0v) is 9.95. The summed E-state index contributed by atoms with van der Waals surface area (Å²) in [5, 5.41) is 4.83. The van der Waals surface area contributed by atoms with Crippen molar-refractivity contribution in [2.45, 2.75) is 12.8 Å². The number of hydrogen-bond acceptors (Lipinski definition) is 3. The smallest absolute Gasteiger partial charge is 0.211 e. The second-order valence-corrected chi connectivity index (χ2v) is 5.30. The van der Waals surface area contributed by atoms with Gasteiger partial charge < -0.3 is 4.74 Å². The van der Waals surface area contributed by atoms with E-state index < -0.39 is 10.0 Å². The molecule has 4 nitrogen and oxygen atoms in total. The number of rotatable bonds is 7. The van der Waals surface area contributed by atoms with Gasteiger partial charge in [0.05, 0.1) is 12.4 Å². The van der Waals surface area contributed by atoms with E-state index in [1.165, 1.54) is 5.56 Å². The highest BCUT2D eigenvalue weighted by atomic mass is 32.2. The van der Waals surface area contributed by atoms with E-state index in [9.17, 15) is 8.42 Å². The summed E-state index contributed by atoms with van der Waals surface area (Å²) in [6.45, 7) is 0.734. The molecule has 0 aliphatic carbocycles. The Morgan fingerprint density at radius 2 is 1.81 bits per heavy atom. The third-order valence-electron chi connectivity index (χ3n) is 2.11. The van der Waals surface area contributed by atoms with Crippen molar-refractivity contribution in [1.29, 1.82) is 0 Å². The molecule has 0 saturated heterocycles. The number of benzene rings is 1. The molecule has 0 unspecified atom stereocenters. The quantitative estimate of drug-likeness (QED) is 0.724. The van der Waals surface area contributed by atoms with Gasteiger partial charge in [0.25, 0.3) is 0 Å². The van der Waals surface area contributed by atoms with Gasteiger partial charge in [0.15, 0.2) is 0 Å². The van der Waals surface area contributed by atoms with Crippen LogP contribution in [0.15, 0.2) is 30.3 Å². The Labute approximate surface area is 96.5 Å². The van der Waals surface area contributed by atoms with Gasteiger partial charge in [-0.25, -0.2) is 13.6 Å². The van der Waals surface area contributed by atoms with Crippen LogP contribution in [0.25, 0.3) is 0 Å². The summed E-state index contributed by atoms with van der Waals surface area (Å²) < 4.78 is 26.3. The molecule has 0 aromatic heterocycles. The highest BCUT2D eigenvalue weighted by molar-refractivity contribution is 7.89. The van der Waals surface area contributed by atoms with Crippen molar-refractivity contribution >= 4 is 10.0 Å². The average molecular weight is 243 g/mol. The zero-order valence-electron chi connectivity index (χ0n) is 9.13. The first kappa shape index (κ1) is 13.2. The molecule has 0 amide bonds. The predicted molar refractivity (Wildman–Crippen MR) is 63.6 cm³/mol. The van der Waals surface area contributed by atoms with Crippen molar-refractivity contribution < 1.29 is 13.2 Å². The standard InChI is InChI=1S/C11H17NO3S/c12-16(13,14)10-9-15-8-4-7-11-5-2-1-3-6-11/h1-3,5-6H,4,7-10H2,(H2,12,13,14). The first-order valence-electron chi connectivity index (χ1n) is 5.20. The molecule has 1 rings (SSSR count). The van der Waals surface area contributed by atoms with Crippen molar-refractivity contribution in [3.63, 3.8) is 0 Å². The number of ether oxygens (including phenoxy) is 1. The SMILES string of the molecule is NS(=O)(=O)CCOCCCc1ccccc1. The molecule has 0 bridgehead atoms. The summed E-state index contributed by atoms with van der Waals surface area (Å²) in [6.07, 6.45) is 1.82. The lowest BCUT2D eigenvalue weighted by Crippen LogP contribution is -2.20. The number of aryl methyl sites for hydroxylation is 1. The first-order chi connectivity index (χ1) is 7.58. The molecule has 1 aromatic rings. The van der Waals surface area contributed by atoms with E-state index in [1.807, 2.05) is 18.2 Å². The number of hydrogen-bond donors (Lipinski definition) is 1. The number of sulfonamides is 1. The van der Waals surface area contributed by atoms with Crippen molar-refractivity contribution in [1.82, 2.24) is 0 Å². The van der Waals surface area contributed by atoms with Crippen molar-refractivity contribution in [3.05, 3.63) is 35.9 Å². The van der Waals surface area contributed by atoms with Crippen LogP contribution in [0.3, 0.4) is 0 Å². The van der Waals surface area contributed by atoms with Gasteiger partial charge in [-0.3, -0.25) is 0 Å². The fourth-order valence-corrected chi connectivity index (χ4v) is 1.65. The van der Waals surface area contributed by atoms with Crippen LogP contribution in [-0.4, -0.2) is 27.4 Å². The average Bonchev–Trinajstić information content (AvgIpc) is 2.23. The molecular weight excluding hydrogens is 226 g/mol. The Bertz CT molecular complexity index is 389. The van der Waals surface area contributed by atoms with Crippen LogP contribution < -0.4 is 5.14 Å². The van der Waals surface area contributed by atoms with Crippen LogP contribution in [0.4, 0.5) is 0 Å². The second-order valence-electron chi connectivity index (χ2n) is 3.57. The Kier molecular flexibility index (Phi) is 5.45. The van der Waals surface area contributed by atoms with Gasteiger partial charge in [0.1, 0.15) is 0 Å². The number of primary sulfonamides is 1. The maximum Gasteiger partial charge on any atom is 0.211 e. The van der Waals surface area contributed by atoms with Gasteiger partial charge >= 0.3 is 0 Å². The second kappa shape index (κ2) is 6.62. The van der Waals surface area contributed by atoms with E-state index in [2.05, 4.69) is 12.1 Å². The lowest BCUT2D eigenvalue weighted by molar-refractivity contribution is 0.146. The lowest BCUT2D eigenvalue weighted by Gasteiger charge is -2.03. The van der Waals surface area contributed by atoms with Crippen molar-refractivity contribution in [3.8, 4) is 0 Å². The fraction of sp³-hybridized carbons (Fsp3) is 0.455. The van der Waals surface area contributed by atoms with Crippen molar-refractivity contribution in [2.75, 3.05) is 19.0 Å². The molecule has 90 valence electrons. The zero-order chi connectivity index (χ0) is 11.9. The normalized spacial score (nSPS) is 11.6. The van der Waals surface area contributed by atoms with Crippen LogP contribution in [0.5, 0.6) is 0 Å². The Hall–Kier alpha value is -0.910. The predicted octanol–water partition coefficient (Wildman–Crippen LogP) is 0.924. The van der Waals surface area contributed by atoms with Crippen LogP contribution in [-0.2, 0) is 21.2 Å². The molecule has 0 spiro atoms. The Morgan fingerprint density at radius 1 is 1.12 bits per heavy atom. The minimum Gasteiger partial charge on any atom is -0.380 e. The monoisotopic (exact) mass is 243 g/mol. The largest absolute Gasteiger partial charge is 0.380 e. The highest BCUT2D eigenvalue weighted by Gasteiger charge is 2.01. The van der Waals surface area contributed by atoms with Gasteiger partial charge in [-0.15, -0.1) is 0 Å². The van der Waals surface area contributed by atoms with Crippen LogP contribution >= 0.6 is 0 Å². The molecule has 5 heteroatoms. The number of nitrogens with two attached hydrogens (primary N) is 1. The molecule has 0 aliphatic heterocycles. The summed E-state index contributed by atoms with van der Waals surface area (Å²) in [6, 6.07) is 10.1. The maximum absolute atomic E-state index is 10.6. The van der Waals surface area contributed by atoms with Gasteiger partial charge in [0, 0.05) is 6.61 Å². The Balaban J connectivity index is 2.05. The maximum atomic E-state index is 10.6. The lowest BCUT2D eigenvalue weighted by atomic mass is 10.1. The van der Waals surface area contributed by atoms with Gasteiger partial charge in [-0.2, -0.15) is 0 Å². The molecular formula is C11H17NO3S. The highest BCUT2D eigenvalue weighted by Crippen LogP contribution is 2.02. The van der Waals surface area contributed by atoms with Crippen LogP contribution in [0.2, 0.25) is 0 Å². The molecule has 2 N–H and O–H groups in total. The van der Waals surface area contributed by atoms with E-state index in [0.29, 0.717) is 6.61 Å². The summed E-state index contributed by atoms with van der Waals surface area (Å²) in [4.78, 5) is 0. The third kappa shape index (κ3) is 6.55. The first-order valence-corrected chi connectivity index (χ1v) is 6.91. The topological polar surface area (TPSA) is 69.4 Å². The van der Waals surface area contributed by atoms with E-state index in [0.717, 1.165) is 12.8 Å². The van der Waals surface area contributed by atoms with Gasteiger partial charge in [0.2, 0.25) is 10.0 Å². The van der Waals surface area contributed by atoms with Crippen molar-refractivity contribution in [2.24, 2.45) is 5.14 Å². The van der Waals surface area contributed by atoms with Gasteiger partial charge in [-0.05, 0) is 18.4 Å². The summed E-state index contributed by atoms with van der Waals surface area (Å²) in [7, 11) is -3.39. The molecule has 0 radical (unpaired) electrons. The van der Waals surface area contributed by atoms with Crippen LogP contribution in [0.1, 0.15) is 12.0 Å². The minimum absolute atomic E-state index is 0.113. The minimum atomic E-state index is -3.39. The Morgan fingerprint density at radius 3 is 2.44 bits per heavy atom. The third-order valence-corrected chi connectivity index (χ3v) is 2.84. The summed E-state index contributed by atoms with van der Waals surface area (Å²) in [5.41, 5.74) is 1.26. The summed E-state index contributed by atoms with van der Waals surface area (Å²) in [5.74, 6) is -0.113. The van der Waals surface area contributed by atoms with E-state index in [4.69, 9.17) is 9.88 Å². The molecule has 0 fully saturated rings. The van der Waals surface area contributed by atoms with Crippen LogP contribution in [0, 0.1) is 0 Å².